The first-order valence-corrected chi connectivity index (χ1v) is 5.98. The first-order chi connectivity index (χ1) is 7.24. The molecule has 1 N–H and O–H groups in total. The van der Waals surface area contributed by atoms with Gasteiger partial charge in [-0.2, -0.15) is 5.26 Å². The molecule has 82 valence electrons. The molecule has 0 spiro atoms. The average Bonchev–Trinajstić information content (AvgIpc) is 2.25. The molecule has 15 heavy (non-hydrogen) atoms. The molecule has 0 saturated carbocycles. The zero-order chi connectivity index (χ0) is 11.1. The zero-order valence-corrected chi connectivity index (χ0v) is 9.24. The Morgan fingerprint density at radius 3 is 2.60 bits per heavy atom. The Labute approximate surface area is 92.2 Å². The van der Waals surface area contributed by atoms with Gasteiger partial charge in [-0.1, -0.05) is 0 Å². The molecule has 1 aliphatic heterocycles. The molecule has 0 aliphatic carbocycles. The van der Waals surface area contributed by atoms with Gasteiger partial charge in [0.15, 0.2) is 11.1 Å². The summed E-state index contributed by atoms with van der Waals surface area (Å²) in [4.78, 5) is 2.03. The summed E-state index contributed by atoms with van der Waals surface area (Å²) in [5, 5.41) is 8.51. The van der Waals surface area contributed by atoms with Crippen molar-refractivity contribution < 1.29 is 8.76 Å². The number of nitrogens with zero attached hydrogens (tertiary/aromatic N) is 2. The topological polar surface area (TPSA) is 64.3 Å². The Morgan fingerprint density at radius 2 is 2.07 bits per heavy atom. The van der Waals surface area contributed by atoms with Gasteiger partial charge in [0.05, 0.1) is 0 Å². The molecule has 0 amide bonds. The van der Waals surface area contributed by atoms with E-state index < -0.39 is 11.1 Å². The van der Waals surface area contributed by atoms with Crippen LogP contribution in [0.4, 0.5) is 0 Å². The van der Waals surface area contributed by atoms with Crippen molar-refractivity contribution in [1.29, 1.82) is 5.26 Å². The maximum absolute atomic E-state index is 10.6. The maximum Gasteiger partial charge on any atom is 0.197 e. The SMILES string of the molecule is N#C/C(=C\C=C\N1CCCCC1)S(=O)O. The molecule has 0 aromatic rings. The third-order valence-corrected chi connectivity index (χ3v) is 2.84. The van der Waals surface area contributed by atoms with E-state index in [4.69, 9.17) is 9.81 Å². The van der Waals surface area contributed by atoms with E-state index in [0.717, 1.165) is 13.1 Å². The Bertz CT molecular complexity index is 325. The third-order valence-electron chi connectivity index (χ3n) is 2.23. The third kappa shape index (κ3) is 4.28. The summed E-state index contributed by atoms with van der Waals surface area (Å²) in [6.07, 6.45) is 8.53. The van der Waals surface area contributed by atoms with Crippen LogP contribution in [0.1, 0.15) is 19.3 Å². The minimum absolute atomic E-state index is 0.122. The molecular formula is C10H14N2O2S. The lowest BCUT2D eigenvalue weighted by Crippen LogP contribution is -2.23. The summed E-state index contributed by atoms with van der Waals surface area (Å²) >= 11 is -2.18. The summed E-state index contributed by atoms with van der Waals surface area (Å²) in [5.41, 5.74) is 0. The van der Waals surface area contributed by atoms with E-state index in [9.17, 15) is 4.21 Å². The van der Waals surface area contributed by atoms with Gasteiger partial charge >= 0.3 is 0 Å². The number of rotatable bonds is 3. The molecule has 1 heterocycles. The van der Waals surface area contributed by atoms with Crippen molar-refractivity contribution in [2.75, 3.05) is 13.1 Å². The van der Waals surface area contributed by atoms with Crippen molar-refractivity contribution in [2.45, 2.75) is 19.3 Å². The van der Waals surface area contributed by atoms with Crippen molar-refractivity contribution in [3.63, 3.8) is 0 Å². The van der Waals surface area contributed by atoms with E-state index in [2.05, 4.69) is 4.90 Å². The highest BCUT2D eigenvalue weighted by molar-refractivity contribution is 7.83. The molecule has 5 heteroatoms. The van der Waals surface area contributed by atoms with Gasteiger partial charge in [0.1, 0.15) is 11.0 Å². The van der Waals surface area contributed by atoms with Crippen LogP contribution in [0.2, 0.25) is 0 Å². The van der Waals surface area contributed by atoms with Crippen LogP contribution in [-0.2, 0) is 11.1 Å². The largest absolute Gasteiger partial charge is 0.377 e. The van der Waals surface area contributed by atoms with Crippen molar-refractivity contribution in [3.05, 3.63) is 23.3 Å². The van der Waals surface area contributed by atoms with Gasteiger partial charge in [0.25, 0.3) is 0 Å². The van der Waals surface area contributed by atoms with Crippen LogP contribution < -0.4 is 0 Å². The molecule has 0 aromatic heterocycles. The van der Waals surface area contributed by atoms with Gasteiger partial charge in [-0.3, -0.25) is 0 Å². The minimum atomic E-state index is -2.18. The molecule has 0 bridgehead atoms. The standard InChI is InChI=1S/C10H14N2O2S/c11-9-10(15(13)14)5-4-8-12-6-2-1-3-7-12/h4-5,8H,1-3,6-7H2,(H,13,14)/b8-4+,10-5+. The molecule has 1 unspecified atom stereocenters. The van der Waals surface area contributed by atoms with E-state index in [1.165, 1.54) is 25.3 Å². The second kappa shape index (κ2) is 6.38. The average molecular weight is 226 g/mol. The molecule has 1 aliphatic rings. The summed E-state index contributed by atoms with van der Waals surface area (Å²) in [7, 11) is 0. The number of hydrogen-bond donors (Lipinski definition) is 1. The fourth-order valence-corrected chi connectivity index (χ4v) is 1.73. The lowest BCUT2D eigenvalue weighted by molar-refractivity contribution is 0.309. The highest BCUT2D eigenvalue weighted by Crippen LogP contribution is 2.08. The molecular weight excluding hydrogens is 212 g/mol. The van der Waals surface area contributed by atoms with E-state index in [0.29, 0.717) is 0 Å². The number of nitriles is 1. The fourth-order valence-electron chi connectivity index (χ4n) is 1.45. The van der Waals surface area contributed by atoms with Crippen molar-refractivity contribution in [3.8, 4) is 6.07 Å². The van der Waals surface area contributed by atoms with Gasteiger partial charge in [-0.15, -0.1) is 0 Å². The lowest BCUT2D eigenvalue weighted by Gasteiger charge is -2.24. The predicted molar refractivity (Wildman–Crippen MR) is 59.0 cm³/mol. The molecule has 0 aromatic carbocycles. The molecule has 1 fully saturated rings. The Kier molecular flexibility index (Phi) is 5.08. The van der Waals surface area contributed by atoms with Crippen LogP contribution in [0.25, 0.3) is 0 Å². The molecule has 1 atom stereocenters. The first kappa shape index (κ1) is 12.0. The summed E-state index contributed by atoms with van der Waals surface area (Å²) in [5.74, 6) is 0. The highest BCUT2D eigenvalue weighted by atomic mass is 32.2. The number of likely N-dealkylation sites (tertiary alicyclic amines) is 1. The zero-order valence-electron chi connectivity index (χ0n) is 8.43. The number of allylic oxidation sites excluding steroid dienone is 3. The number of piperidine rings is 1. The first-order valence-electron chi connectivity index (χ1n) is 4.87. The predicted octanol–water partition coefficient (Wildman–Crippen LogP) is 1.62. The van der Waals surface area contributed by atoms with Crippen molar-refractivity contribution in [2.24, 2.45) is 0 Å². The molecule has 4 nitrogen and oxygen atoms in total. The van der Waals surface area contributed by atoms with Crippen LogP contribution in [0, 0.1) is 11.3 Å². The fraction of sp³-hybridized carbons (Fsp3) is 0.500. The van der Waals surface area contributed by atoms with Crippen LogP contribution in [0.5, 0.6) is 0 Å². The van der Waals surface area contributed by atoms with Gasteiger partial charge in [-0.05, 0) is 37.6 Å². The van der Waals surface area contributed by atoms with E-state index in [-0.39, 0.29) is 4.91 Å². The smallest absolute Gasteiger partial charge is 0.197 e. The Balaban J connectivity index is 2.50. The van der Waals surface area contributed by atoms with E-state index >= 15 is 0 Å². The van der Waals surface area contributed by atoms with E-state index in [1.807, 2.05) is 6.20 Å². The van der Waals surface area contributed by atoms with Gasteiger partial charge in [0.2, 0.25) is 0 Å². The van der Waals surface area contributed by atoms with Crippen LogP contribution >= 0.6 is 0 Å². The van der Waals surface area contributed by atoms with Crippen LogP contribution in [0.15, 0.2) is 23.3 Å². The molecule has 1 saturated heterocycles. The molecule has 0 radical (unpaired) electrons. The monoisotopic (exact) mass is 226 g/mol. The summed E-state index contributed by atoms with van der Waals surface area (Å²) in [6, 6.07) is 1.68. The van der Waals surface area contributed by atoms with Crippen molar-refractivity contribution in [1.82, 2.24) is 4.90 Å². The maximum atomic E-state index is 10.6. The highest BCUT2D eigenvalue weighted by Gasteiger charge is 2.04. The molecule has 1 rings (SSSR count). The second-order valence-corrected chi connectivity index (χ2v) is 4.27. The Hall–Kier alpha value is -1.12. The van der Waals surface area contributed by atoms with E-state index in [1.54, 1.807) is 12.1 Å². The van der Waals surface area contributed by atoms with Gasteiger partial charge in [-0.25, -0.2) is 4.21 Å². The summed E-state index contributed by atoms with van der Waals surface area (Å²) < 4.78 is 19.3. The number of hydrogen-bond acceptors (Lipinski definition) is 3. The van der Waals surface area contributed by atoms with Gasteiger partial charge < -0.3 is 9.45 Å². The van der Waals surface area contributed by atoms with Crippen LogP contribution in [-0.4, -0.2) is 26.8 Å². The summed E-state index contributed by atoms with van der Waals surface area (Å²) in [6.45, 7) is 2.04. The lowest BCUT2D eigenvalue weighted by atomic mass is 10.1. The second-order valence-electron chi connectivity index (χ2n) is 3.33. The quantitative estimate of drug-likeness (QED) is 0.451. The minimum Gasteiger partial charge on any atom is -0.377 e. The van der Waals surface area contributed by atoms with Crippen LogP contribution in [0.3, 0.4) is 0 Å². The Morgan fingerprint density at radius 1 is 1.40 bits per heavy atom. The normalized spacial score (nSPS) is 20.3. The van der Waals surface area contributed by atoms with Crippen molar-refractivity contribution >= 4 is 11.1 Å². The van der Waals surface area contributed by atoms with Gasteiger partial charge in [0, 0.05) is 13.1 Å².